The van der Waals surface area contributed by atoms with Gasteiger partial charge in [0.15, 0.2) is 11.0 Å². The smallest absolute Gasteiger partial charge is 0.228 e. The molecule has 6 heterocycles. The largest absolute Gasteiger partial charge is 0.336 e. The van der Waals surface area contributed by atoms with E-state index in [0.29, 0.717) is 39.0 Å². The molecule has 0 aliphatic heterocycles. The maximum Gasteiger partial charge on any atom is 0.228 e. The number of aromatic amines is 2. The van der Waals surface area contributed by atoms with E-state index in [9.17, 15) is 9.18 Å². The van der Waals surface area contributed by atoms with Crippen LogP contribution in [-0.4, -0.2) is 41.0 Å². The van der Waals surface area contributed by atoms with Crippen LogP contribution in [0.4, 0.5) is 10.1 Å². The van der Waals surface area contributed by atoms with Gasteiger partial charge >= 0.3 is 0 Å². The first-order valence-corrected chi connectivity index (χ1v) is 13.2. The van der Waals surface area contributed by atoms with E-state index in [2.05, 4.69) is 35.5 Å². The van der Waals surface area contributed by atoms with E-state index in [1.807, 2.05) is 48.5 Å². The lowest BCUT2D eigenvalue weighted by Crippen LogP contribution is -2.14. The topological polar surface area (TPSA) is 125 Å². The minimum Gasteiger partial charge on any atom is -0.336 e. The van der Waals surface area contributed by atoms with Crippen molar-refractivity contribution in [3.05, 3.63) is 96.1 Å². The zero-order valence-electron chi connectivity index (χ0n) is 20.7. The van der Waals surface area contributed by atoms with Crippen molar-refractivity contribution < 1.29 is 9.18 Å². The molecule has 0 saturated heterocycles. The lowest BCUT2D eigenvalue weighted by molar-refractivity contribution is -0.115. The fraction of sp³-hybridized carbons (Fsp3) is 0.0345. The second-order valence-corrected chi connectivity index (χ2v) is 10.1. The summed E-state index contributed by atoms with van der Waals surface area (Å²) in [7, 11) is 0. The number of fused-ring (bicyclic) bond motifs is 2. The van der Waals surface area contributed by atoms with Gasteiger partial charge in [0.1, 0.15) is 16.9 Å². The first-order chi connectivity index (χ1) is 19.6. The Kier molecular flexibility index (Phi) is 5.82. The summed E-state index contributed by atoms with van der Waals surface area (Å²) in [6, 6.07) is 18.2. The first-order valence-electron chi connectivity index (χ1n) is 12.3. The van der Waals surface area contributed by atoms with Crippen molar-refractivity contribution in [1.29, 1.82) is 0 Å². The van der Waals surface area contributed by atoms with Crippen molar-refractivity contribution in [1.82, 2.24) is 35.1 Å². The van der Waals surface area contributed by atoms with Gasteiger partial charge in [0, 0.05) is 23.3 Å². The van der Waals surface area contributed by atoms with Gasteiger partial charge in [-0.25, -0.2) is 4.98 Å². The van der Waals surface area contributed by atoms with Crippen LogP contribution in [0.15, 0.2) is 85.5 Å². The van der Waals surface area contributed by atoms with Gasteiger partial charge in [-0.2, -0.15) is 9.49 Å². The number of halogens is 1. The number of nitrogens with one attached hydrogen (secondary N) is 3. The number of pyridine rings is 3. The first kappa shape index (κ1) is 23.8. The van der Waals surface area contributed by atoms with Crippen molar-refractivity contribution in [3.8, 4) is 33.3 Å². The predicted molar refractivity (Wildman–Crippen MR) is 152 cm³/mol. The zero-order chi connectivity index (χ0) is 27.1. The summed E-state index contributed by atoms with van der Waals surface area (Å²) in [6.45, 7) is 0. The molecule has 194 valence electrons. The number of rotatable bonds is 6. The number of thiophene rings is 1. The van der Waals surface area contributed by atoms with Crippen molar-refractivity contribution in [3.63, 3.8) is 0 Å². The Hall–Kier alpha value is -5.29. The van der Waals surface area contributed by atoms with Gasteiger partial charge in [-0.3, -0.25) is 24.8 Å². The molecule has 0 unspecified atom stereocenters. The molecular weight excluding hydrogens is 527 g/mol. The summed E-state index contributed by atoms with van der Waals surface area (Å²) in [5.41, 5.74) is 6.26. The average molecular weight is 547 g/mol. The van der Waals surface area contributed by atoms with Crippen LogP contribution in [0.1, 0.15) is 5.56 Å². The predicted octanol–water partition coefficient (Wildman–Crippen LogP) is 6.01. The van der Waals surface area contributed by atoms with Crippen LogP contribution in [0, 0.1) is 5.13 Å². The Labute approximate surface area is 230 Å². The summed E-state index contributed by atoms with van der Waals surface area (Å²) < 4.78 is 13.7. The third-order valence-corrected chi connectivity index (χ3v) is 7.28. The van der Waals surface area contributed by atoms with Gasteiger partial charge in [-0.1, -0.05) is 30.3 Å². The van der Waals surface area contributed by atoms with Crippen LogP contribution >= 0.6 is 11.3 Å². The maximum atomic E-state index is 13.7. The number of carbonyl (C=O) groups excluding carboxylic acids is 1. The molecule has 1 aromatic carbocycles. The summed E-state index contributed by atoms with van der Waals surface area (Å²) in [6.07, 6.45) is 6.93. The standard InChI is InChI=1S/C29H19FN8OS/c30-24-7-6-23(40-24)28-27-20(8-9-32-28)35-29(36-27)26-19-12-21(33-15-22(19)37-38-26)17-11-18(14-31-13-17)34-25(39)10-16-4-2-1-3-5-16/h1-9,11-15H,10H2,(H,34,39)(H,35,36)(H,37,38). The fourth-order valence-electron chi connectivity index (χ4n) is 4.56. The van der Waals surface area contributed by atoms with Crippen molar-refractivity contribution in [2.75, 3.05) is 5.32 Å². The molecule has 1 amide bonds. The number of carbonyl (C=O) groups is 1. The molecule has 0 spiro atoms. The van der Waals surface area contributed by atoms with E-state index in [0.717, 1.165) is 38.9 Å². The maximum absolute atomic E-state index is 13.7. The zero-order valence-corrected chi connectivity index (χ0v) is 21.5. The van der Waals surface area contributed by atoms with Crippen LogP contribution in [0.5, 0.6) is 0 Å². The molecule has 9 nitrogen and oxygen atoms in total. The molecular formula is C29H19FN8OS. The number of hydrogen-bond donors (Lipinski definition) is 3. The number of imidazole rings is 1. The molecule has 0 aliphatic carbocycles. The van der Waals surface area contributed by atoms with E-state index < -0.39 is 0 Å². The van der Waals surface area contributed by atoms with Crippen LogP contribution in [0.2, 0.25) is 0 Å². The van der Waals surface area contributed by atoms with Gasteiger partial charge in [-0.15, -0.1) is 11.3 Å². The molecule has 0 radical (unpaired) electrons. The van der Waals surface area contributed by atoms with Gasteiger partial charge in [-0.05, 0) is 35.9 Å². The summed E-state index contributed by atoms with van der Waals surface area (Å²) in [5.74, 6) is 0.416. The fourth-order valence-corrected chi connectivity index (χ4v) is 5.29. The monoisotopic (exact) mass is 546 g/mol. The number of benzene rings is 1. The lowest BCUT2D eigenvalue weighted by atomic mass is 10.1. The SMILES string of the molecule is O=C(Cc1ccccc1)Nc1cncc(-c2cc3c(-c4nc5c(-c6ccc(F)s6)nccc5[nH]4)n[nH]c3cn2)c1. The van der Waals surface area contributed by atoms with Crippen molar-refractivity contribution in [2.24, 2.45) is 0 Å². The Bertz CT molecular complexity index is 2010. The minimum atomic E-state index is -0.280. The molecule has 3 N–H and O–H groups in total. The van der Waals surface area contributed by atoms with Gasteiger partial charge in [0.2, 0.25) is 5.91 Å². The quantitative estimate of drug-likeness (QED) is 0.235. The highest BCUT2D eigenvalue weighted by Gasteiger charge is 2.18. The highest BCUT2D eigenvalue weighted by molar-refractivity contribution is 7.13. The number of H-pyrrole nitrogens is 2. The number of nitrogens with zero attached hydrogens (tertiary/aromatic N) is 5. The summed E-state index contributed by atoms with van der Waals surface area (Å²) >= 11 is 1.02. The molecule has 7 rings (SSSR count). The number of hydrogen-bond acceptors (Lipinski definition) is 7. The molecule has 7 aromatic rings. The van der Waals surface area contributed by atoms with E-state index in [4.69, 9.17) is 4.98 Å². The van der Waals surface area contributed by atoms with Crippen LogP contribution in [-0.2, 0) is 11.2 Å². The second kappa shape index (κ2) is 9.79. The molecule has 0 bridgehead atoms. The summed E-state index contributed by atoms with van der Waals surface area (Å²) in [4.78, 5) is 34.7. The Morgan fingerprint density at radius 1 is 0.950 bits per heavy atom. The van der Waals surface area contributed by atoms with Crippen molar-refractivity contribution >= 4 is 44.9 Å². The summed E-state index contributed by atoms with van der Waals surface area (Å²) in [5, 5.41) is 10.9. The van der Waals surface area contributed by atoms with Gasteiger partial charge < -0.3 is 10.3 Å². The van der Waals surface area contributed by atoms with E-state index >= 15 is 0 Å². The van der Waals surface area contributed by atoms with Gasteiger partial charge in [0.05, 0.1) is 46.1 Å². The minimum absolute atomic E-state index is 0.130. The van der Waals surface area contributed by atoms with Gasteiger partial charge in [0.25, 0.3) is 0 Å². The molecule has 6 aromatic heterocycles. The van der Waals surface area contributed by atoms with Crippen molar-refractivity contribution in [2.45, 2.75) is 6.42 Å². The lowest BCUT2D eigenvalue weighted by Gasteiger charge is -2.07. The van der Waals surface area contributed by atoms with E-state index in [1.165, 1.54) is 6.07 Å². The number of aromatic nitrogens is 7. The Morgan fingerprint density at radius 2 is 1.85 bits per heavy atom. The molecule has 0 aliphatic rings. The Morgan fingerprint density at radius 3 is 2.70 bits per heavy atom. The van der Waals surface area contributed by atoms with Crippen LogP contribution in [0.3, 0.4) is 0 Å². The average Bonchev–Trinajstić information content (AvgIpc) is 3.71. The molecule has 40 heavy (non-hydrogen) atoms. The third kappa shape index (κ3) is 4.48. The normalized spacial score (nSPS) is 11.3. The van der Waals surface area contributed by atoms with Crippen LogP contribution < -0.4 is 5.32 Å². The number of anilines is 1. The van der Waals surface area contributed by atoms with E-state index in [-0.39, 0.29) is 17.5 Å². The Balaban J connectivity index is 1.21. The highest BCUT2D eigenvalue weighted by atomic mass is 32.1. The molecule has 0 atom stereocenters. The van der Waals surface area contributed by atoms with Crippen LogP contribution in [0.25, 0.3) is 55.3 Å². The third-order valence-electron chi connectivity index (χ3n) is 6.40. The molecule has 0 fully saturated rings. The molecule has 11 heteroatoms. The highest BCUT2D eigenvalue weighted by Crippen LogP contribution is 2.33. The molecule has 0 saturated carbocycles. The number of amides is 1. The second-order valence-electron chi connectivity index (χ2n) is 9.11. The van der Waals surface area contributed by atoms with E-state index in [1.54, 1.807) is 30.9 Å².